The number of aliphatic carboxylic acids is 1. The van der Waals surface area contributed by atoms with E-state index in [0.717, 1.165) is 12.8 Å². The molecule has 0 saturated heterocycles. The average Bonchev–Trinajstić information content (AvgIpc) is 2.37. The second-order valence-corrected chi connectivity index (χ2v) is 6.37. The predicted molar refractivity (Wildman–Crippen MR) is 73.3 cm³/mol. The highest BCUT2D eigenvalue weighted by Crippen LogP contribution is 2.31. The van der Waals surface area contributed by atoms with Crippen LogP contribution >= 0.6 is 11.8 Å². The fraction of sp³-hybridized carbons (Fsp3) is 0.833. The molecule has 5 nitrogen and oxygen atoms in total. The van der Waals surface area contributed by atoms with Gasteiger partial charge in [0.1, 0.15) is 0 Å². The van der Waals surface area contributed by atoms with Crippen LogP contribution in [0.4, 0.5) is 18.0 Å². The molecular formula is C12H19F3N2O3S. The summed E-state index contributed by atoms with van der Waals surface area (Å²) in [6.07, 6.45) is 0.0199. The van der Waals surface area contributed by atoms with Crippen LogP contribution in [0.5, 0.6) is 0 Å². The first kappa shape index (κ1) is 17.9. The number of hydrogen-bond donors (Lipinski definition) is 3. The van der Waals surface area contributed by atoms with Crippen LogP contribution in [-0.4, -0.2) is 46.4 Å². The van der Waals surface area contributed by atoms with Crippen molar-refractivity contribution in [1.29, 1.82) is 0 Å². The second-order valence-electron chi connectivity index (χ2n) is 5.24. The van der Waals surface area contributed by atoms with Gasteiger partial charge in [0.25, 0.3) is 0 Å². The molecule has 1 aliphatic carbocycles. The molecule has 1 rings (SSSR count). The lowest BCUT2D eigenvalue weighted by Crippen LogP contribution is -2.64. The molecule has 1 saturated carbocycles. The number of carboxylic acids is 1. The van der Waals surface area contributed by atoms with Crippen molar-refractivity contribution in [3.8, 4) is 0 Å². The van der Waals surface area contributed by atoms with E-state index in [9.17, 15) is 22.8 Å². The molecule has 0 radical (unpaired) electrons. The molecule has 1 unspecified atom stereocenters. The van der Waals surface area contributed by atoms with Crippen LogP contribution in [0, 0.1) is 0 Å². The molecule has 1 aliphatic rings. The zero-order valence-electron chi connectivity index (χ0n) is 11.8. The minimum atomic E-state index is -5.08. The number of carboxylic acid groups (broad SMARTS) is 1. The highest BCUT2D eigenvalue weighted by molar-refractivity contribution is 7.99. The monoisotopic (exact) mass is 328 g/mol. The molecule has 122 valence electrons. The van der Waals surface area contributed by atoms with E-state index in [1.54, 1.807) is 11.8 Å². The summed E-state index contributed by atoms with van der Waals surface area (Å²) in [6, 6.07) is -1.33. The number of rotatable bonds is 4. The number of nitrogens with one attached hydrogen (secondary N) is 2. The standard InChI is InChI=1S/C12H19F3N2O3S/c1-11(9(18)19,12(13,14)15)17-10(20)16-7-3-5-8(21-2)6-4-7/h7-8H,3-6H2,1-2H3,(H,18,19)(H2,16,17,20). The van der Waals surface area contributed by atoms with E-state index < -0.39 is 23.7 Å². The van der Waals surface area contributed by atoms with E-state index in [4.69, 9.17) is 5.11 Å². The van der Waals surface area contributed by atoms with Gasteiger partial charge in [-0.25, -0.2) is 9.59 Å². The SMILES string of the molecule is CSC1CCC(NC(=O)NC(C)(C(=O)O)C(F)(F)F)CC1. The summed E-state index contributed by atoms with van der Waals surface area (Å²) in [4.78, 5) is 22.5. The number of alkyl halides is 3. The normalized spacial score (nSPS) is 25.8. The Hall–Kier alpha value is -1.12. The molecule has 9 heteroatoms. The van der Waals surface area contributed by atoms with Gasteiger partial charge in [-0.15, -0.1) is 0 Å². The Bertz CT molecular complexity index is 398. The molecule has 0 spiro atoms. The minimum absolute atomic E-state index is 0.223. The molecule has 1 fully saturated rings. The maximum Gasteiger partial charge on any atom is 0.422 e. The number of urea groups is 1. The Kier molecular flexibility index (Phi) is 5.77. The van der Waals surface area contributed by atoms with Crippen molar-refractivity contribution in [2.45, 2.75) is 55.6 Å². The van der Waals surface area contributed by atoms with Gasteiger partial charge in [-0.3, -0.25) is 0 Å². The Morgan fingerprint density at radius 2 is 1.71 bits per heavy atom. The van der Waals surface area contributed by atoms with Crippen LogP contribution in [0.2, 0.25) is 0 Å². The summed E-state index contributed by atoms with van der Waals surface area (Å²) < 4.78 is 38.3. The summed E-state index contributed by atoms with van der Waals surface area (Å²) in [7, 11) is 0. The van der Waals surface area contributed by atoms with E-state index >= 15 is 0 Å². The zero-order valence-corrected chi connectivity index (χ0v) is 12.6. The molecule has 0 bridgehead atoms. The van der Waals surface area contributed by atoms with Gasteiger partial charge >= 0.3 is 18.2 Å². The van der Waals surface area contributed by atoms with Crippen LogP contribution in [0.15, 0.2) is 0 Å². The van der Waals surface area contributed by atoms with Gasteiger partial charge in [0.15, 0.2) is 0 Å². The predicted octanol–water partition coefficient (Wildman–Crippen LogP) is 2.37. The van der Waals surface area contributed by atoms with Gasteiger partial charge < -0.3 is 15.7 Å². The molecule has 0 aromatic carbocycles. The number of carbonyl (C=O) groups is 2. The minimum Gasteiger partial charge on any atom is -0.479 e. The Balaban J connectivity index is 2.58. The van der Waals surface area contributed by atoms with Crippen LogP contribution in [0.25, 0.3) is 0 Å². The second kappa shape index (κ2) is 6.76. The molecule has 21 heavy (non-hydrogen) atoms. The summed E-state index contributed by atoms with van der Waals surface area (Å²) in [6.45, 7) is 0.430. The fourth-order valence-electron chi connectivity index (χ4n) is 2.14. The van der Waals surface area contributed by atoms with E-state index in [1.807, 2.05) is 6.26 Å². The number of amides is 2. The lowest BCUT2D eigenvalue weighted by atomic mass is 9.95. The third kappa shape index (κ3) is 4.42. The highest BCUT2D eigenvalue weighted by atomic mass is 32.2. The largest absolute Gasteiger partial charge is 0.479 e. The lowest BCUT2D eigenvalue weighted by Gasteiger charge is -2.31. The van der Waals surface area contributed by atoms with Gasteiger partial charge in [-0.1, -0.05) is 0 Å². The highest BCUT2D eigenvalue weighted by Gasteiger charge is 2.58. The summed E-state index contributed by atoms with van der Waals surface area (Å²) in [5.74, 6) is -2.14. The number of halogens is 3. The molecule has 3 N–H and O–H groups in total. The van der Waals surface area contributed by atoms with Crippen molar-refractivity contribution in [2.75, 3.05) is 6.26 Å². The van der Waals surface area contributed by atoms with Gasteiger partial charge in [0, 0.05) is 11.3 Å². The van der Waals surface area contributed by atoms with Crippen LogP contribution in [-0.2, 0) is 4.79 Å². The van der Waals surface area contributed by atoms with E-state index in [1.165, 1.54) is 5.32 Å². The van der Waals surface area contributed by atoms with Gasteiger partial charge in [0.05, 0.1) is 0 Å². The smallest absolute Gasteiger partial charge is 0.422 e. The topological polar surface area (TPSA) is 78.4 Å². The van der Waals surface area contributed by atoms with Crippen LogP contribution in [0.3, 0.4) is 0 Å². The van der Waals surface area contributed by atoms with Gasteiger partial charge in [-0.2, -0.15) is 24.9 Å². The van der Waals surface area contributed by atoms with Crippen LogP contribution < -0.4 is 10.6 Å². The first-order valence-electron chi connectivity index (χ1n) is 6.51. The maximum absolute atomic E-state index is 12.8. The van der Waals surface area contributed by atoms with Crippen molar-refractivity contribution < 1.29 is 27.9 Å². The summed E-state index contributed by atoms with van der Waals surface area (Å²) in [5, 5.41) is 13.2. The Morgan fingerprint density at radius 3 is 2.10 bits per heavy atom. The first-order valence-corrected chi connectivity index (χ1v) is 7.80. The molecule has 2 amide bonds. The maximum atomic E-state index is 12.8. The first-order chi connectivity index (χ1) is 9.60. The zero-order chi connectivity index (χ0) is 16.3. The molecule has 1 atom stereocenters. The third-order valence-electron chi connectivity index (χ3n) is 3.70. The van der Waals surface area contributed by atoms with E-state index in [-0.39, 0.29) is 6.04 Å². The van der Waals surface area contributed by atoms with Gasteiger partial charge in [-0.05, 0) is 38.9 Å². The fourth-order valence-corrected chi connectivity index (χ4v) is 2.88. The molecular weight excluding hydrogens is 309 g/mol. The van der Waals surface area contributed by atoms with Crippen molar-refractivity contribution in [3.63, 3.8) is 0 Å². The van der Waals surface area contributed by atoms with Crippen molar-refractivity contribution in [3.05, 3.63) is 0 Å². The van der Waals surface area contributed by atoms with Crippen LogP contribution in [0.1, 0.15) is 32.6 Å². The number of carbonyl (C=O) groups excluding carboxylic acids is 1. The summed E-state index contributed by atoms with van der Waals surface area (Å²) >= 11 is 1.73. The molecule has 0 aliphatic heterocycles. The van der Waals surface area contributed by atoms with E-state index in [0.29, 0.717) is 25.0 Å². The van der Waals surface area contributed by atoms with Crippen molar-refractivity contribution >= 4 is 23.8 Å². The average molecular weight is 328 g/mol. The molecule has 0 aromatic heterocycles. The lowest BCUT2D eigenvalue weighted by molar-refractivity contribution is -0.203. The van der Waals surface area contributed by atoms with Gasteiger partial charge in [0.2, 0.25) is 5.54 Å². The quantitative estimate of drug-likeness (QED) is 0.740. The molecule has 0 aromatic rings. The molecule has 0 heterocycles. The Labute approximate surface area is 125 Å². The van der Waals surface area contributed by atoms with E-state index in [2.05, 4.69) is 5.32 Å². The number of thioether (sulfide) groups is 1. The van der Waals surface area contributed by atoms with Crippen molar-refractivity contribution in [1.82, 2.24) is 10.6 Å². The van der Waals surface area contributed by atoms with Crippen molar-refractivity contribution in [2.24, 2.45) is 0 Å². The Morgan fingerprint density at radius 1 is 1.19 bits per heavy atom. The summed E-state index contributed by atoms with van der Waals surface area (Å²) in [5.41, 5.74) is -3.30. The number of hydrogen-bond acceptors (Lipinski definition) is 3. The third-order valence-corrected chi connectivity index (χ3v) is 4.84.